The Hall–Kier alpha value is -6.98. The number of nitrogens with zero attached hydrogens (tertiary/aromatic N) is 1. The van der Waals surface area contributed by atoms with Gasteiger partial charge in [0.05, 0.1) is 6.04 Å². The minimum atomic E-state index is -1.13. The number of allylic oxidation sites excluding steroid dienone is 2. The lowest BCUT2D eigenvalue weighted by atomic mass is 10.0. The molecule has 17 nitrogen and oxygen atoms in total. The summed E-state index contributed by atoms with van der Waals surface area (Å²) in [5.74, 6) is -2.32. The molecular weight excluding hydrogens is 832 g/mol. The van der Waals surface area contributed by atoms with Crippen molar-refractivity contribution < 1.29 is 43.0 Å². The van der Waals surface area contributed by atoms with Crippen molar-refractivity contribution in [3.8, 4) is 0 Å². The van der Waals surface area contributed by atoms with Crippen LogP contribution in [0.2, 0.25) is 0 Å². The van der Waals surface area contributed by atoms with Crippen molar-refractivity contribution in [3.63, 3.8) is 0 Å². The standard InChI is InChI=1S/C45H55ClN8O9/c1-3-16-35(31(2)46)30-63-43(58)50-25-14-13-24-37(39(48)55)51-41(57)38(27-32-17-7-4-8-18-32)52-40(56)36(47)23-15-26-49-42(53-44(59)61-28-33-19-9-5-10-20-33)54-45(60)62-29-34-21-11-6-12-22-34/h3-12,16-22,36-38H,1-2,13-15,23-30,47H2,(H2,48,55)(H,50,58)(H,51,57)(H,52,56)(H2,49,53,54,59,60)/b35-16-/t36-,37+,38+/m1/s1. The largest absolute Gasteiger partial charge is 0.445 e. The zero-order valence-electron chi connectivity index (χ0n) is 34.9. The van der Waals surface area contributed by atoms with Crippen LogP contribution in [-0.4, -0.2) is 79.8 Å². The van der Waals surface area contributed by atoms with Crippen molar-refractivity contribution in [2.45, 2.75) is 69.9 Å². The first-order valence-electron chi connectivity index (χ1n) is 20.1. The Balaban J connectivity index is 1.56. The normalized spacial score (nSPS) is 12.2. The maximum absolute atomic E-state index is 13.6. The molecule has 0 spiro atoms. The van der Waals surface area contributed by atoms with Gasteiger partial charge in [0.15, 0.2) is 0 Å². The van der Waals surface area contributed by atoms with Gasteiger partial charge in [-0.3, -0.25) is 30.0 Å². The number of halogens is 1. The predicted octanol–water partition coefficient (Wildman–Crippen LogP) is 4.76. The molecule has 0 aliphatic heterocycles. The summed E-state index contributed by atoms with van der Waals surface area (Å²) in [4.78, 5) is 80.9. The molecule has 0 bridgehead atoms. The number of carbonyl (C=O) groups excluding carboxylic acids is 6. The lowest BCUT2D eigenvalue weighted by Gasteiger charge is -2.23. The van der Waals surface area contributed by atoms with Crippen LogP contribution >= 0.6 is 11.6 Å². The van der Waals surface area contributed by atoms with Gasteiger partial charge in [-0.25, -0.2) is 14.4 Å². The van der Waals surface area contributed by atoms with E-state index in [1.807, 2.05) is 12.1 Å². The number of guanidine groups is 1. The number of nitrogens with two attached hydrogens (primary N) is 2. The number of amides is 6. The molecule has 63 heavy (non-hydrogen) atoms. The maximum atomic E-state index is 13.6. The summed E-state index contributed by atoms with van der Waals surface area (Å²) in [7, 11) is 0. The molecule has 0 radical (unpaired) electrons. The van der Waals surface area contributed by atoms with Crippen LogP contribution < -0.4 is 38.1 Å². The van der Waals surface area contributed by atoms with Gasteiger partial charge in [-0.05, 0) is 48.8 Å². The second-order valence-corrected chi connectivity index (χ2v) is 14.4. The van der Waals surface area contributed by atoms with Crippen LogP contribution in [0.1, 0.15) is 48.8 Å². The van der Waals surface area contributed by atoms with Crippen LogP contribution in [0.3, 0.4) is 0 Å². The van der Waals surface area contributed by atoms with Crippen LogP contribution in [0, 0.1) is 0 Å². The Kier molecular flexibility index (Phi) is 22.8. The molecule has 18 heteroatoms. The Morgan fingerprint density at radius 3 is 1.76 bits per heavy atom. The van der Waals surface area contributed by atoms with Crippen LogP contribution in [0.25, 0.3) is 0 Å². The molecule has 3 aromatic rings. The molecule has 6 amide bonds. The van der Waals surface area contributed by atoms with Crippen molar-refractivity contribution in [1.29, 1.82) is 0 Å². The third kappa shape index (κ3) is 20.9. The van der Waals surface area contributed by atoms with Gasteiger partial charge in [0, 0.05) is 30.1 Å². The van der Waals surface area contributed by atoms with E-state index in [1.54, 1.807) is 84.9 Å². The van der Waals surface area contributed by atoms with Crippen LogP contribution in [0.15, 0.2) is 132 Å². The first-order chi connectivity index (χ1) is 30.3. The maximum Gasteiger partial charge on any atom is 0.414 e. The molecule has 0 fully saturated rings. The topological polar surface area (TPSA) is 255 Å². The van der Waals surface area contributed by atoms with Crippen molar-refractivity contribution in [3.05, 3.63) is 144 Å². The van der Waals surface area contributed by atoms with Gasteiger partial charge in [-0.1, -0.05) is 128 Å². The third-order valence-electron chi connectivity index (χ3n) is 8.94. The number of nitrogens with one attached hydrogen (secondary N) is 5. The molecule has 0 saturated heterocycles. The number of primary amides is 1. The van der Waals surface area contributed by atoms with Gasteiger partial charge in [0.25, 0.3) is 0 Å². The fraction of sp³-hybridized carbons (Fsp3) is 0.311. The number of alkyl carbamates (subject to hydrolysis) is 3. The summed E-state index contributed by atoms with van der Waals surface area (Å²) in [6.45, 7) is 7.25. The number of hydrogen-bond donors (Lipinski definition) is 7. The van der Waals surface area contributed by atoms with E-state index in [2.05, 4.69) is 44.7 Å². The summed E-state index contributed by atoms with van der Waals surface area (Å²) in [6, 6.07) is 23.6. The molecule has 336 valence electrons. The lowest BCUT2D eigenvalue weighted by Crippen LogP contribution is -2.56. The van der Waals surface area contributed by atoms with Gasteiger partial charge in [-0.2, -0.15) is 0 Å². The zero-order chi connectivity index (χ0) is 45.8. The molecular formula is C45H55ClN8O9. The first-order valence-corrected chi connectivity index (χ1v) is 20.5. The second-order valence-electron chi connectivity index (χ2n) is 13.9. The Morgan fingerprint density at radius 2 is 1.24 bits per heavy atom. The lowest BCUT2D eigenvalue weighted by molar-refractivity contribution is -0.131. The van der Waals surface area contributed by atoms with E-state index < -0.39 is 54.1 Å². The van der Waals surface area contributed by atoms with Crippen molar-refractivity contribution in [2.24, 2.45) is 16.5 Å². The summed E-state index contributed by atoms with van der Waals surface area (Å²) in [6.07, 6.45) is 2.01. The van der Waals surface area contributed by atoms with Crippen LogP contribution in [0.5, 0.6) is 0 Å². The van der Waals surface area contributed by atoms with E-state index in [9.17, 15) is 28.8 Å². The number of aliphatic imine (C=N–C) groups is 1. The van der Waals surface area contributed by atoms with Crippen LogP contribution in [-0.2, 0) is 48.2 Å². The zero-order valence-corrected chi connectivity index (χ0v) is 35.6. The monoisotopic (exact) mass is 886 g/mol. The van der Waals surface area contributed by atoms with Crippen molar-refractivity contribution in [2.75, 3.05) is 19.7 Å². The van der Waals surface area contributed by atoms with E-state index in [4.69, 9.17) is 37.3 Å². The number of carbonyl (C=O) groups is 6. The molecule has 0 aromatic heterocycles. The van der Waals surface area contributed by atoms with Crippen molar-refractivity contribution in [1.82, 2.24) is 26.6 Å². The highest BCUT2D eigenvalue weighted by Crippen LogP contribution is 2.13. The minimum Gasteiger partial charge on any atom is -0.445 e. The van der Waals surface area contributed by atoms with E-state index >= 15 is 0 Å². The van der Waals surface area contributed by atoms with E-state index in [0.717, 1.165) is 16.7 Å². The smallest absolute Gasteiger partial charge is 0.414 e. The minimum absolute atomic E-state index is 0.0113. The van der Waals surface area contributed by atoms with Gasteiger partial charge < -0.3 is 41.6 Å². The molecule has 0 aliphatic carbocycles. The van der Waals surface area contributed by atoms with Gasteiger partial charge in [0.1, 0.15) is 31.9 Å². The number of ether oxygens (including phenoxy) is 3. The SMILES string of the molecule is C=C/C=C(/COC(=O)NCCCC[C@H](NC(=O)[C@H](Cc1ccccc1)NC(=O)[C@H](N)CCCN=C(NC(=O)OCc1ccccc1)NC(=O)OCc1ccccc1)C(N)=O)C(=C)Cl. The molecule has 0 saturated carbocycles. The van der Waals surface area contributed by atoms with Gasteiger partial charge in [-0.15, -0.1) is 0 Å². The molecule has 0 unspecified atom stereocenters. The van der Waals surface area contributed by atoms with Gasteiger partial charge in [0.2, 0.25) is 23.7 Å². The summed E-state index contributed by atoms with van der Waals surface area (Å²) in [5, 5.41) is 13.0. The molecule has 9 N–H and O–H groups in total. The fourth-order valence-electron chi connectivity index (χ4n) is 5.57. The predicted molar refractivity (Wildman–Crippen MR) is 239 cm³/mol. The summed E-state index contributed by atoms with van der Waals surface area (Å²) >= 11 is 5.89. The molecule has 0 aliphatic rings. The highest BCUT2D eigenvalue weighted by Gasteiger charge is 2.27. The average Bonchev–Trinajstić information content (AvgIpc) is 3.27. The van der Waals surface area contributed by atoms with Gasteiger partial charge >= 0.3 is 18.3 Å². The summed E-state index contributed by atoms with van der Waals surface area (Å²) < 4.78 is 15.7. The molecule has 3 aromatic carbocycles. The first kappa shape index (κ1) is 50.4. The highest BCUT2D eigenvalue weighted by molar-refractivity contribution is 6.31. The molecule has 3 atom stereocenters. The number of benzene rings is 3. The van der Waals surface area contributed by atoms with E-state index in [0.29, 0.717) is 18.4 Å². The highest BCUT2D eigenvalue weighted by atomic mass is 35.5. The Bertz CT molecular complexity index is 1980. The Labute approximate surface area is 371 Å². The van der Waals surface area contributed by atoms with Crippen molar-refractivity contribution >= 4 is 53.6 Å². The average molecular weight is 887 g/mol. The Morgan fingerprint density at radius 1 is 0.698 bits per heavy atom. The van der Waals surface area contributed by atoms with E-state index in [-0.39, 0.29) is 69.6 Å². The molecule has 0 heterocycles. The van der Waals surface area contributed by atoms with Crippen LogP contribution in [0.4, 0.5) is 14.4 Å². The van der Waals surface area contributed by atoms with E-state index in [1.165, 1.54) is 6.08 Å². The number of rotatable bonds is 24. The quantitative estimate of drug-likeness (QED) is 0.0213. The third-order valence-corrected chi connectivity index (χ3v) is 9.18. The fourth-order valence-corrected chi connectivity index (χ4v) is 5.69. The number of hydrogen-bond acceptors (Lipinski definition) is 11. The summed E-state index contributed by atoms with van der Waals surface area (Å²) in [5.41, 5.74) is 14.6. The second kappa shape index (κ2) is 28.5. The molecule has 3 rings (SSSR count). The number of unbranched alkanes of at least 4 members (excludes halogenated alkanes) is 1.